The maximum Gasteiger partial charge on any atom is 0.0599 e. The van der Waals surface area contributed by atoms with Gasteiger partial charge in [-0.15, -0.1) is 0 Å². The van der Waals surface area contributed by atoms with Gasteiger partial charge in [0.1, 0.15) is 0 Å². The van der Waals surface area contributed by atoms with Gasteiger partial charge in [0.25, 0.3) is 0 Å². The van der Waals surface area contributed by atoms with Crippen molar-refractivity contribution < 1.29 is 13.9 Å². The Labute approximate surface area is 69.4 Å². The molecule has 2 atom stereocenters. The van der Waals surface area contributed by atoms with Crippen molar-refractivity contribution >= 4 is 11.3 Å². The van der Waals surface area contributed by atoms with Crippen LogP contribution >= 0.6 is 0 Å². The molecule has 2 N–H and O–H groups in total. The van der Waals surface area contributed by atoms with Gasteiger partial charge in [-0.1, -0.05) is 20.8 Å². The summed E-state index contributed by atoms with van der Waals surface area (Å²) >= 11 is -2.30. The molecule has 0 bridgehead atoms. The van der Waals surface area contributed by atoms with Crippen molar-refractivity contribution in [2.75, 3.05) is 6.61 Å². The van der Waals surface area contributed by atoms with E-state index < -0.39 is 17.3 Å². The number of hydrogen-bond donors (Lipinski definition) is 2. The van der Waals surface area contributed by atoms with Gasteiger partial charge in [-0.2, -0.15) is 0 Å². The van der Waals surface area contributed by atoms with Crippen molar-refractivity contribution in [3.8, 4) is 0 Å². The number of nitrogens with one attached hydrogen (secondary N) is 1. The van der Waals surface area contributed by atoms with Gasteiger partial charge in [0.15, 0.2) is 0 Å². The van der Waals surface area contributed by atoms with Gasteiger partial charge < -0.3 is 9.66 Å². The van der Waals surface area contributed by atoms with Gasteiger partial charge in [-0.3, -0.25) is 4.21 Å². The summed E-state index contributed by atoms with van der Waals surface area (Å²) < 4.78 is 22.6. The molecule has 11 heavy (non-hydrogen) atoms. The number of aliphatic hydroxyl groups is 1. The predicted octanol–water partition coefficient (Wildman–Crippen LogP) is -0.223. The third kappa shape index (κ3) is 4.47. The molecule has 0 fully saturated rings. The molecule has 0 aromatic heterocycles. The van der Waals surface area contributed by atoms with E-state index in [9.17, 15) is 8.76 Å². The minimum atomic E-state index is -2.30. The second kappa shape index (κ2) is 4.15. The first-order chi connectivity index (χ1) is 4.88. The van der Waals surface area contributed by atoms with Crippen LogP contribution in [-0.4, -0.2) is 26.5 Å². The quantitative estimate of drug-likeness (QED) is 0.590. The molecule has 0 heterocycles. The van der Waals surface area contributed by atoms with E-state index in [1.165, 1.54) is 0 Å². The van der Waals surface area contributed by atoms with E-state index in [2.05, 4.69) is 4.72 Å². The molecular formula is C6H14NO3S-. The Balaban J connectivity index is 4.07. The first kappa shape index (κ1) is 11.0. The van der Waals surface area contributed by atoms with Crippen LogP contribution in [0.15, 0.2) is 0 Å². The summed E-state index contributed by atoms with van der Waals surface area (Å²) in [5.74, 6) is 0. The molecule has 0 aromatic carbocycles. The van der Waals surface area contributed by atoms with Crippen LogP contribution in [0.2, 0.25) is 0 Å². The molecule has 0 aliphatic carbocycles. The van der Waals surface area contributed by atoms with Gasteiger partial charge in [0.2, 0.25) is 0 Å². The SMILES string of the molecule is CC(C)(C)C(CO)NS(=O)[O-]. The molecule has 0 saturated carbocycles. The standard InChI is InChI=1S/C6H15NO3S/c1-6(2,3)5(4-8)7-11(9)10/h5,7-8H,4H2,1-3H3,(H,9,10)/p-1. The van der Waals surface area contributed by atoms with Crippen LogP contribution in [0.1, 0.15) is 20.8 Å². The minimum absolute atomic E-state index is 0.183. The van der Waals surface area contributed by atoms with Crippen molar-refractivity contribution in [2.45, 2.75) is 26.8 Å². The molecule has 2 unspecified atom stereocenters. The summed E-state index contributed by atoms with van der Waals surface area (Å²) in [5.41, 5.74) is -0.255. The Bertz CT molecular complexity index is 143. The highest BCUT2D eigenvalue weighted by Crippen LogP contribution is 2.18. The third-order valence-corrected chi connectivity index (χ3v) is 1.94. The van der Waals surface area contributed by atoms with Gasteiger partial charge >= 0.3 is 0 Å². The van der Waals surface area contributed by atoms with E-state index >= 15 is 0 Å². The maximum absolute atomic E-state index is 10.2. The van der Waals surface area contributed by atoms with E-state index in [0.29, 0.717) is 0 Å². The van der Waals surface area contributed by atoms with E-state index in [4.69, 9.17) is 5.11 Å². The molecule has 5 heteroatoms. The second-order valence-corrected chi connectivity index (χ2v) is 4.16. The van der Waals surface area contributed by atoms with Gasteiger partial charge in [-0.05, 0) is 5.41 Å². The van der Waals surface area contributed by atoms with Crippen molar-refractivity contribution in [3.63, 3.8) is 0 Å². The van der Waals surface area contributed by atoms with Crippen LogP contribution < -0.4 is 4.72 Å². The molecule has 0 saturated heterocycles. The van der Waals surface area contributed by atoms with Crippen LogP contribution in [0.4, 0.5) is 0 Å². The summed E-state index contributed by atoms with van der Waals surface area (Å²) in [6.07, 6.45) is 0. The van der Waals surface area contributed by atoms with E-state index in [-0.39, 0.29) is 12.0 Å². The molecule has 0 aromatic rings. The first-order valence-corrected chi connectivity index (χ1v) is 4.41. The summed E-state index contributed by atoms with van der Waals surface area (Å²) in [4.78, 5) is 0. The average molecular weight is 180 g/mol. The number of aliphatic hydroxyl groups excluding tert-OH is 1. The molecule has 0 radical (unpaired) electrons. The van der Waals surface area contributed by atoms with Crippen molar-refractivity contribution in [1.82, 2.24) is 4.72 Å². The Morgan fingerprint density at radius 1 is 1.64 bits per heavy atom. The normalized spacial score (nSPS) is 17.9. The summed E-state index contributed by atoms with van der Waals surface area (Å²) in [6, 6.07) is -0.416. The van der Waals surface area contributed by atoms with Gasteiger partial charge in [-0.25, -0.2) is 4.72 Å². The minimum Gasteiger partial charge on any atom is -0.760 e. The number of hydrogen-bond acceptors (Lipinski definition) is 3. The van der Waals surface area contributed by atoms with Crippen LogP contribution in [0.5, 0.6) is 0 Å². The fourth-order valence-electron chi connectivity index (χ4n) is 0.604. The largest absolute Gasteiger partial charge is 0.760 e. The monoisotopic (exact) mass is 180 g/mol. The lowest BCUT2D eigenvalue weighted by Crippen LogP contribution is -2.43. The number of rotatable bonds is 3. The lowest BCUT2D eigenvalue weighted by atomic mass is 9.88. The lowest BCUT2D eigenvalue weighted by Gasteiger charge is -2.30. The highest BCUT2D eigenvalue weighted by molar-refractivity contribution is 7.77. The molecule has 0 aliphatic heterocycles. The smallest absolute Gasteiger partial charge is 0.0599 e. The Morgan fingerprint density at radius 3 is 2.18 bits per heavy atom. The van der Waals surface area contributed by atoms with Gasteiger partial charge in [0, 0.05) is 17.3 Å². The molecule has 0 aliphatic rings. The molecule has 0 spiro atoms. The van der Waals surface area contributed by atoms with Crippen molar-refractivity contribution in [2.24, 2.45) is 5.41 Å². The Morgan fingerprint density at radius 2 is 2.09 bits per heavy atom. The second-order valence-electron chi connectivity index (χ2n) is 3.45. The summed E-state index contributed by atoms with van der Waals surface area (Å²) in [7, 11) is 0. The van der Waals surface area contributed by atoms with E-state index in [0.717, 1.165) is 0 Å². The van der Waals surface area contributed by atoms with Crippen molar-refractivity contribution in [3.05, 3.63) is 0 Å². The zero-order valence-electron chi connectivity index (χ0n) is 6.96. The summed E-state index contributed by atoms with van der Waals surface area (Å²) in [5, 5.41) is 8.77. The highest BCUT2D eigenvalue weighted by atomic mass is 32.2. The molecular weight excluding hydrogens is 166 g/mol. The van der Waals surface area contributed by atoms with Gasteiger partial charge in [0.05, 0.1) is 6.61 Å². The zero-order valence-corrected chi connectivity index (χ0v) is 7.77. The van der Waals surface area contributed by atoms with Crippen molar-refractivity contribution in [1.29, 1.82) is 0 Å². The van der Waals surface area contributed by atoms with Crippen LogP contribution in [0.25, 0.3) is 0 Å². The Kier molecular flexibility index (Phi) is 4.17. The topological polar surface area (TPSA) is 72.4 Å². The maximum atomic E-state index is 10.2. The fraction of sp³-hybridized carbons (Fsp3) is 1.00. The third-order valence-electron chi connectivity index (χ3n) is 1.47. The molecule has 0 amide bonds. The lowest BCUT2D eigenvalue weighted by molar-refractivity contribution is 0.176. The molecule has 68 valence electrons. The predicted molar refractivity (Wildman–Crippen MR) is 42.4 cm³/mol. The fourth-order valence-corrected chi connectivity index (χ4v) is 1.26. The zero-order chi connectivity index (χ0) is 9.07. The first-order valence-electron chi connectivity index (χ1n) is 3.34. The van der Waals surface area contributed by atoms with E-state index in [1.807, 2.05) is 20.8 Å². The average Bonchev–Trinajstić information content (AvgIpc) is 1.79. The van der Waals surface area contributed by atoms with E-state index in [1.54, 1.807) is 0 Å². The molecule has 0 rings (SSSR count). The summed E-state index contributed by atoms with van der Waals surface area (Å²) in [6.45, 7) is 5.38. The molecule has 4 nitrogen and oxygen atoms in total. The highest BCUT2D eigenvalue weighted by Gasteiger charge is 2.23. The Hall–Kier alpha value is 0.0300. The van der Waals surface area contributed by atoms with Crippen LogP contribution in [-0.2, 0) is 11.3 Å². The van der Waals surface area contributed by atoms with Crippen LogP contribution in [0.3, 0.4) is 0 Å². The van der Waals surface area contributed by atoms with Crippen LogP contribution in [0, 0.1) is 5.41 Å².